The van der Waals surface area contributed by atoms with Gasteiger partial charge in [0.25, 0.3) is 0 Å². The third kappa shape index (κ3) is 5.08. The van der Waals surface area contributed by atoms with Crippen LogP contribution in [0.3, 0.4) is 0 Å². The Hall–Kier alpha value is -0.370. The lowest BCUT2D eigenvalue weighted by Crippen LogP contribution is -2.46. The van der Waals surface area contributed by atoms with Gasteiger partial charge in [-0.2, -0.15) is 13.2 Å². The van der Waals surface area contributed by atoms with Gasteiger partial charge in [-0.1, -0.05) is 15.9 Å². The van der Waals surface area contributed by atoms with Gasteiger partial charge < -0.3 is 5.32 Å². The number of hydrogen-bond acceptors (Lipinski definition) is 2. The average molecular weight is 406 g/mol. The van der Waals surface area contributed by atoms with Crippen molar-refractivity contribution in [3.63, 3.8) is 0 Å². The maximum atomic E-state index is 14.3. The quantitative estimate of drug-likeness (QED) is 0.758. The van der Waals surface area contributed by atoms with Gasteiger partial charge in [0.2, 0.25) is 0 Å². The highest BCUT2D eigenvalue weighted by Gasteiger charge is 2.37. The first-order valence-electron chi connectivity index (χ1n) is 6.75. The van der Waals surface area contributed by atoms with Crippen molar-refractivity contribution in [2.45, 2.75) is 25.6 Å². The molecule has 0 aliphatic carbocycles. The van der Waals surface area contributed by atoms with Crippen molar-refractivity contribution >= 4 is 28.3 Å². The molecule has 0 spiro atoms. The summed E-state index contributed by atoms with van der Waals surface area (Å²) in [6, 6.07) is 2.05. The Bertz CT molecular complexity index is 504. The number of aryl methyl sites for hydroxylation is 1. The number of halogens is 6. The van der Waals surface area contributed by atoms with E-state index in [0.717, 1.165) is 0 Å². The zero-order chi connectivity index (χ0) is 15.6. The van der Waals surface area contributed by atoms with E-state index in [0.29, 0.717) is 36.2 Å². The van der Waals surface area contributed by atoms with E-state index >= 15 is 0 Å². The third-order valence-electron chi connectivity index (χ3n) is 3.62. The molecule has 2 nitrogen and oxygen atoms in total. The predicted octanol–water partition coefficient (Wildman–Crippen LogP) is 4.22. The maximum absolute atomic E-state index is 14.3. The van der Waals surface area contributed by atoms with Gasteiger partial charge in [-0.05, 0) is 24.6 Å². The molecule has 22 heavy (non-hydrogen) atoms. The Balaban J connectivity index is 0.00000242. The molecular weight excluding hydrogens is 388 g/mol. The Morgan fingerprint density at radius 3 is 2.41 bits per heavy atom. The second-order valence-electron chi connectivity index (χ2n) is 5.25. The number of nitrogens with zero attached hydrogens (tertiary/aromatic N) is 1. The van der Waals surface area contributed by atoms with Gasteiger partial charge in [0.15, 0.2) is 0 Å². The molecule has 8 heteroatoms. The number of piperazine rings is 1. The van der Waals surface area contributed by atoms with Crippen LogP contribution in [0.25, 0.3) is 0 Å². The highest BCUT2D eigenvalue weighted by Crippen LogP contribution is 2.36. The number of nitrogens with one attached hydrogen (secondary N) is 1. The van der Waals surface area contributed by atoms with Crippen LogP contribution in [-0.2, 0) is 0 Å². The Morgan fingerprint density at radius 1 is 1.27 bits per heavy atom. The maximum Gasteiger partial charge on any atom is 0.390 e. The van der Waals surface area contributed by atoms with E-state index in [1.807, 2.05) is 0 Å². The molecular formula is C14H18BrClF4N2. The molecule has 0 bridgehead atoms. The normalized spacial score (nSPS) is 17.9. The molecule has 1 heterocycles. The van der Waals surface area contributed by atoms with Crippen LogP contribution >= 0.6 is 28.3 Å². The van der Waals surface area contributed by atoms with Crippen LogP contribution in [-0.4, -0.2) is 37.3 Å². The molecule has 0 saturated carbocycles. The fraction of sp³-hybridized carbons (Fsp3) is 0.571. The SMILES string of the molecule is Cc1cc(Br)cc([C@H](CC(F)(F)F)N2CCNCC2)c1F.Cl. The van der Waals surface area contributed by atoms with Gasteiger partial charge in [-0.3, -0.25) is 4.90 Å². The van der Waals surface area contributed by atoms with E-state index < -0.39 is 24.5 Å². The summed E-state index contributed by atoms with van der Waals surface area (Å²) >= 11 is 3.24. The largest absolute Gasteiger partial charge is 0.390 e. The standard InChI is InChI=1S/C14H17BrF4N2.ClH/c1-9-6-10(15)7-11(13(9)16)12(8-14(17,18)19)21-4-2-20-3-5-21;/h6-7,12,20H,2-5,8H2,1H3;1H/t12-;/m0./s1. The fourth-order valence-corrected chi connectivity index (χ4v) is 3.23. The van der Waals surface area contributed by atoms with Gasteiger partial charge in [0, 0.05) is 42.3 Å². The van der Waals surface area contributed by atoms with Crippen LogP contribution in [0, 0.1) is 12.7 Å². The summed E-state index contributed by atoms with van der Waals surface area (Å²) in [7, 11) is 0. The second-order valence-corrected chi connectivity index (χ2v) is 6.16. The van der Waals surface area contributed by atoms with Crippen molar-refractivity contribution in [3.05, 3.63) is 33.5 Å². The molecule has 1 fully saturated rings. The molecule has 1 aliphatic heterocycles. The lowest BCUT2D eigenvalue weighted by atomic mass is 9.98. The molecule has 0 aromatic heterocycles. The minimum atomic E-state index is -4.34. The molecule has 0 radical (unpaired) electrons. The molecule has 2 rings (SSSR count). The zero-order valence-corrected chi connectivity index (χ0v) is 14.4. The highest BCUT2D eigenvalue weighted by molar-refractivity contribution is 9.10. The minimum absolute atomic E-state index is 0. The lowest BCUT2D eigenvalue weighted by molar-refractivity contribution is -0.149. The van der Waals surface area contributed by atoms with Crippen LogP contribution in [0.15, 0.2) is 16.6 Å². The van der Waals surface area contributed by atoms with Gasteiger partial charge in [0.05, 0.1) is 6.42 Å². The molecule has 1 atom stereocenters. The van der Waals surface area contributed by atoms with Crippen LogP contribution in [0.4, 0.5) is 17.6 Å². The number of rotatable bonds is 3. The van der Waals surface area contributed by atoms with Gasteiger partial charge in [0.1, 0.15) is 5.82 Å². The highest BCUT2D eigenvalue weighted by atomic mass is 79.9. The molecule has 1 aliphatic rings. The molecule has 1 N–H and O–H groups in total. The van der Waals surface area contributed by atoms with Crippen molar-refractivity contribution in [1.29, 1.82) is 0 Å². The van der Waals surface area contributed by atoms with Crippen molar-refractivity contribution in [1.82, 2.24) is 10.2 Å². The van der Waals surface area contributed by atoms with E-state index in [2.05, 4.69) is 21.2 Å². The second kappa shape index (κ2) is 7.95. The third-order valence-corrected chi connectivity index (χ3v) is 4.08. The lowest BCUT2D eigenvalue weighted by Gasteiger charge is -2.36. The van der Waals surface area contributed by atoms with E-state index in [1.165, 1.54) is 6.07 Å². The molecule has 126 valence electrons. The van der Waals surface area contributed by atoms with E-state index in [1.54, 1.807) is 17.9 Å². The van der Waals surface area contributed by atoms with Crippen LogP contribution in [0.1, 0.15) is 23.6 Å². The van der Waals surface area contributed by atoms with Crippen LogP contribution < -0.4 is 5.32 Å². The Labute approximate surface area is 141 Å². The van der Waals surface area contributed by atoms with E-state index in [9.17, 15) is 17.6 Å². The molecule has 1 aromatic rings. The smallest absolute Gasteiger partial charge is 0.314 e. The number of hydrogen-bond donors (Lipinski definition) is 1. The number of benzene rings is 1. The summed E-state index contributed by atoms with van der Waals surface area (Å²) in [5.74, 6) is -0.550. The topological polar surface area (TPSA) is 15.3 Å². The zero-order valence-electron chi connectivity index (χ0n) is 12.0. The minimum Gasteiger partial charge on any atom is -0.314 e. The van der Waals surface area contributed by atoms with E-state index in [4.69, 9.17) is 0 Å². The van der Waals surface area contributed by atoms with Crippen molar-refractivity contribution < 1.29 is 17.6 Å². The molecule has 1 saturated heterocycles. The summed E-state index contributed by atoms with van der Waals surface area (Å²) in [5.41, 5.74) is 0.461. The molecule has 1 aromatic carbocycles. The van der Waals surface area contributed by atoms with Gasteiger partial charge in [-0.15, -0.1) is 12.4 Å². The monoisotopic (exact) mass is 404 g/mol. The summed E-state index contributed by atoms with van der Waals surface area (Å²) in [6.45, 7) is 3.75. The van der Waals surface area contributed by atoms with Gasteiger partial charge >= 0.3 is 6.18 Å². The first-order chi connectivity index (χ1) is 9.78. The van der Waals surface area contributed by atoms with Crippen molar-refractivity contribution in [2.75, 3.05) is 26.2 Å². The number of alkyl halides is 3. The summed E-state index contributed by atoms with van der Waals surface area (Å²) in [4.78, 5) is 1.70. The summed E-state index contributed by atoms with van der Waals surface area (Å²) in [6.07, 6.45) is -5.38. The van der Waals surface area contributed by atoms with Crippen LogP contribution in [0.5, 0.6) is 0 Å². The van der Waals surface area contributed by atoms with E-state index in [-0.39, 0.29) is 18.0 Å². The van der Waals surface area contributed by atoms with Crippen molar-refractivity contribution in [3.8, 4) is 0 Å². The molecule has 0 amide bonds. The Kier molecular flexibility index (Phi) is 7.11. The van der Waals surface area contributed by atoms with Crippen molar-refractivity contribution in [2.24, 2.45) is 0 Å². The summed E-state index contributed by atoms with van der Waals surface area (Å²) < 4.78 is 53.6. The molecule has 0 unspecified atom stereocenters. The average Bonchev–Trinajstić information content (AvgIpc) is 2.40. The first-order valence-corrected chi connectivity index (χ1v) is 7.54. The fourth-order valence-electron chi connectivity index (χ4n) is 2.64. The first kappa shape index (κ1) is 19.7. The Morgan fingerprint density at radius 2 is 1.86 bits per heavy atom. The van der Waals surface area contributed by atoms with Gasteiger partial charge in [-0.25, -0.2) is 4.39 Å². The summed E-state index contributed by atoms with van der Waals surface area (Å²) in [5, 5.41) is 3.10. The predicted molar refractivity (Wildman–Crippen MR) is 83.9 cm³/mol. The van der Waals surface area contributed by atoms with Crippen LogP contribution in [0.2, 0.25) is 0 Å².